The van der Waals surface area contributed by atoms with Crippen molar-refractivity contribution in [2.45, 2.75) is 56.9 Å². The Hall–Kier alpha value is -4.42. The molecule has 0 radical (unpaired) electrons. The molecule has 0 aliphatic carbocycles. The molecule has 0 aliphatic rings. The second kappa shape index (κ2) is 15.2. The fourth-order valence-corrected chi connectivity index (χ4v) is 6.63. The maximum atomic E-state index is 15.0. The number of amides is 2. The van der Waals surface area contributed by atoms with Gasteiger partial charge in [-0.25, -0.2) is 12.8 Å². The Labute approximate surface area is 282 Å². The van der Waals surface area contributed by atoms with Crippen LogP contribution in [0.2, 0.25) is 5.02 Å². The van der Waals surface area contributed by atoms with E-state index in [4.69, 9.17) is 11.6 Å². The molecule has 0 fully saturated rings. The normalized spacial score (nSPS) is 12.4. The molecule has 0 heterocycles. The molecule has 1 N–H and O–H groups in total. The number of hydrogen-bond donors (Lipinski definition) is 1. The maximum Gasteiger partial charge on any atom is 0.417 e. The van der Waals surface area contributed by atoms with Gasteiger partial charge in [0, 0.05) is 24.6 Å². The van der Waals surface area contributed by atoms with Crippen molar-refractivity contribution < 1.29 is 35.6 Å². The molecule has 1 atom stereocenters. The summed E-state index contributed by atoms with van der Waals surface area (Å²) in [7, 11) is -4.68. The minimum Gasteiger partial charge on any atom is -0.352 e. The number of benzene rings is 4. The van der Waals surface area contributed by atoms with Gasteiger partial charge >= 0.3 is 6.18 Å². The monoisotopic (exact) mass is 703 g/mol. The minimum absolute atomic E-state index is 0.0243. The number of rotatable bonds is 12. The van der Waals surface area contributed by atoms with Gasteiger partial charge in [0.15, 0.2) is 0 Å². The highest BCUT2D eigenvalue weighted by molar-refractivity contribution is 7.92. The number of halogens is 5. The van der Waals surface area contributed by atoms with Gasteiger partial charge in [0.1, 0.15) is 18.4 Å². The second-order valence-corrected chi connectivity index (χ2v) is 13.7. The van der Waals surface area contributed by atoms with Crippen molar-refractivity contribution in [2.75, 3.05) is 10.8 Å². The molecule has 0 saturated heterocycles. The third kappa shape index (κ3) is 8.93. The summed E-state index contributed by atoms with van der Waals surface area (Å²) in [5, 5.41) is 2.11. The Bertz CT molecular complexity index is 1850. The number of alkyl halides is 3. The first-order valence-corrected chi connectivity index (χ1v) is 16.7. The van der Waals surface area contributed by atoms with Crippen LogP contribution >= 0.6 is 11.6 Å². The number of aryl methyl sites for hydroxylation is 1. The lowest BCUT2D eigenvalue weighted by molar-refractivity contribution is -0.140. The standard InChI is InChI=1S/C35H34ClF4N3O4S/c1-23(2)41-34(45)32(19-25-9-5-4-6-10-25)42(21-26-11-7-8-12-31(26)37)33(44)22-43(48(46,47)28-16-13-24(3)14-17-28)27-15-18-30(36)29(20-27)35(38,39)40/h4-18,20,23,32H,19,21-22H2,1-3H3,(H,41,45)/t32-/m0/s1. The van der Waals surface area contributed by atoms with E-state index in [0.717, 1.165) is 22.6 Å². The van der Waals surface area contributed by atoms with Crippen LogP contribution < -0.4 is 9.62 Å². The predicted molar refractivity (Wildman–Crippen MR) is 176 cm³/mol. The molecule has 0 aliphatic heterocycles. The van der Waals surface area contributed by atoms with E-state index in [1.807, 2.05) is 0 Å². The molecule has 254 valence electrons. The van der Waals surface area contributed by atoms with Crippen molar-refractivity contribution in [3.63, 3.8) is 0 Å². The Morgan fingerprint density at radius 3 is 2.12 bits per heavy atom. The summed E-state index contributed by atoms with van der Waals surface area (Å²) in [5.74, 6) is -2.22. The van der Waals surface area contributed by atoms with Crippen molar-refractivity contribution in [2.24, 2.45) is 0 Å². The van der Waals surface area contributed by atoms with Crippen molar-refractivity contribution in [3.05, 3.63) is 130 Å². The highest BCUT2D eigenvalue weighted by atomic mass is 35.5. The molecular weight excluding hydrogens is 670 g/mol. The number of carbonyl (C=O) groups is 2. The third-order valence-corrected chi connectivity index (χ3v) is 9.55. The van der Waals surface area contributed by atoms with E-state index in [9.17, 15) is 31.2 Å². The quantitative estimate of drug-likeness (QED) is 0.159. The van der Waals surface area contributed by atoms with Crippen LogP contribution in [0.25, 0.3) is 0 Å². The molecule has 0 unspecified atom stereocenters. The summed E-state index contributed by atoms with van der Waals surface area (Å²) in [4.78, 5) is 28.9. The van der Waals surface area contributed by atoms with Gasteiger partial charge in [-0.1, -0.05) is 77.8 Å². The highest BCUT2D eigenvalue weighted by Crippen LogP contribution is 2.38. The van der Waals surface area contributed by atoms with Crippen LogP contribution in [0.4, 0.5) is 23.2 Å². The molecule has 7 nitrogen and oxygen atoms in total. The Balaban J connectivity index is 1.88. The number of nitrogens with zero attached hydrogens (tertiary/aromatic N) is 2. The molecular formula is C35H34ClF4N3O4S. The predicted octanol–water partition coefficient (Wildman–Crippen LogP) is 7.17. The molecule has 4 aromatic rings. The first-order chi connectivity index (χ1) is 22.6. The van der Waals surface area contributed by atoms with Crippen LogP contribution in [0.15, 0.2) is 102 Å². The zero-order chi connectivity index (χ0) is 35.2. The van der Waals surface area contributed by atoms with Gasteiger partial charge in [0.25, 0.3) is 10.0 Å². The van der Waals surface area contributed by atoms with E-state index in [-0.39, 0.29) is 22.9 Å². The Morgan fingerprint density at radius 2 is 1.52 bits per heavy atom. The van der Waals surface area contributed by atoms with Crippen LogP contribution in [0, 0.1) is 12.7 Å². The highest BCUT2D eigenvalue weighted by Gasteiger charge is 2.38. The van der Waals surface area contributed by atoms with Gasteiger partial charge in [0.05, 0.1) is 21.2 Å². The van der Waals surface area contributed by atoms with Crippen LogP contribution in [0.1, 0.15) is 36.1 Å². The van der Waals surface area contributed by atoms with E-state index in [1.54, 1.807) is 57.2 Å². The van der Waals surface area contributed by atoms with Gasteiger partial charge in [-0.2, -0.15) is 13.2 Å². The lowest BCUT2D eigenvalue weighted by Gasteiger charge is -2.34. The van der Waals surface area contributed by atoms with Crippen LogP contribution in [-0.4, -0.2) is 43.8 Å². The number of carbonyl (C=O) groups excluding carboxylic acids is 2. The van der Waals surface area contributed by atoms with Crippen molar-refractivity contribution in [3.8, 4) is 0 Å². The summed E-state index contributed by atoms with van der Waals surface area (Å²) in [6.07, 6.45) is -4.97. The largest absolute Gasteiger partial charge is 0.417 e. The number of nitrogens with one attached hydrogen (secondary N) is 1. The van der Waals surface area contributed by atoms with Gasteiger partial charge in [0.2, 0.25) is 11.8 Å². The molecule has 0 aromatic heterocycles. The zero-order valence-corrected chi connectivity index (χ0v) is 27.9. The van der Waals surface area contributed by atoms with E-state index in [0.29, 0.717) is 15.9 Å². The molecule has 0 bridgehead atoms. The summed E-state index contributed by atoms with van der Waals surface area (Å²) >= 11 is 5.85. The molecule has 4 rings (SSSR count). The third-order valence-electron chi connectivity index (χ3n) is 7.43. The minimum atomic E-state index is -4.94. The summed E-state index contributed by atoms with van der Waals surface area (Å²) in [6, 6.07) is 20.8. The molecule has 2 amide bonds. The second-order valence-electron chi connectivity index (χ2n) is 11.5. The van der Waals surface area contributed by atoms with Crippen LogP contribution in [-0.2, 0) is 38.8 Å². The molecule has 13 heteroatoms. The topological polar surface area (TPSA) is 86.8 Å². The van der Waals surface area contributed by atoms with Crippen LogP contribution in [0.3, 0.4) is 0 Å². The Morgan fingerprint density at radius 1 is 0.896 bits per heavy atom. The van der Waals surface area contributed by atoms with Crippen LogP contribution in [0.5, 0.6) is 0 Å². The van der Waals surface area contributed by atoms with E-state index >= 15 is 4.39 Å². The Kier molecular flexibility index (Phi) is 11.5. The van der Waals surface area contributed by atoms with E-state index in [2.05, 4.69) is 5.32 Å². The SMILES string of the molecule is Cc1ccc(S(=O)(=O)N(CC(=O)N(Cc2ccccc2F)[C@@H](Cc2ccccc2)C(=O)NC(C)C)c2ccc(Cl)c(C(F)(F)F)c2)cc1. The van der Waals surface area contributed by atoms with E-state index in [1.165, 1.54) is 42.5 Å². The summed E-state index contributed by atoms with van der Waals surface area (Å²) < 4.78 is 85.5. The molecule has 0 spiro atoms. The van der Waals surface area contributed by atoms with Gasteiger partial charge in [-0.15, -0.1) is 0 Å². The molecule has 4 aromatic carbocycles. The lowest BCUT2D eigenvalue weighted by Crippen LogP contribution is -2.54. The first kappa shape index (κ1) is 36.4. The molecule has 0 saturated carbocycles. The van der Waals surface area contributed by atoms with Crippen molar-refractivity contribution >= 4 is 39.1 Å². The maximum absolute atomic E-state index is 15.0. The summed E-state index contributed by atoms with van der Waals surface area (Å²) in [5.41, 5.74) is -0.375. The van der Waals surface area contributed by atoms with Gasteiger partial charge in [-0.05, 0) is 62.7 Å². The van der Waals surface area contributed by atoms with E-state index < -0.39 is 69.2 Å². The van der Waals surface area contributed by atoms with Crippen molar-refractivity contribution in [1.82, 2.24) is 10.2 Å². The molecule has 48 heavy (non-hydrogen) atoms. The lowest BCUT2D eigenvalue weighted by atomic mass is 10.0. The fourth-order valence-electron chi connectivity index (χ4n) is 5.00. The number of anilines is 1. The smallest absolute Gasteiger partial charge is 0.352 e. The van der Waals surface area contributed by atoms with Gasteiger partial charge < -0.3 is 10.2 Å². The van der Waals surface area contributed by atoms with Gasteiger partial charge in [-0.3, -0.25) is 13.9 Å². The average molecular weight is 704 g/mol. The van der Waals surface area contributed by atoms with Crippen molar-refractivity contribution in [1.29, 1.82) is 0 Å². The fraction of sp³-hybridized carbons (Fsp3) is 0.257. The number of sulfonamides is 1. The zero-order valence-electron chi connectivity index (χ0n) is 26.3. The first-order valence-electron chi connectivity index (χ1n) is 14.9. The summed E-state index contributed by atoms with van der Waals surface area (Å²) in [6.45, 7) is 3.69. The average Bonchev–Trinajstić information content (AvgIpc) is 3.02. The number of hydrogen-bond acceptors (Lipinski definition) is 4.